The first-order chi connectivity index (χ1) is 6.13. The van der Waals surface area contributed by atoms with E-state index in [0.717, 1.165) is 13.2 Å². The van der Waals surface area contributed by atoms with Crippen LogP contribution in [0.25, 0.3) is 0 Å². The van der Waals surface area contributed by atoms with Crippen LogP contribution >= 0.6 is 0 Å². The van der Waals surface area contributed by atoms with E-state index in [-0.39, 0.29) is 6.04 Å². The Kier molecular flexibility index (Phi) is 6.82. The van der Waals surface area contributed by atoms with E-state index >= 15 is 0 Å². The van der Waals surface area contributed by atoms with Crippen LogP contribution < -0.4 is 0 Å². The van der Waals surface area contributed by atoms with Crippen molar-refractivity contribution in [3.05, 3.63) is 0 Å². The van der Waals surface area contributed by atoms with Gasteiger partial charge in [0.1, 0.15) is 5.78 Å². The average Bonchev–Trinajstić information content (AvgIpc) is 2.15. The third kappa shape index (κ3) is 5.01. The molecule has 0 saturated carbocycles. The number of nitrogens with zero attached hydrogens (tertiary/aromatic N) is 1. The van der Waals surface area contributed by atoms with E-state index in [2.05, 4.69) is 0 Å². The van der Waals surface area contributed by atoms with Gasteiger partial charge in [0, 0.05) is 19.6 Å². The van der Waals surface area contributed by atoms with Crippen LogP contribution in [-0.4, -0.2) is 43.5 Å². The van der Waals surface area contributed by atoms with Crippen LogP contribution in [0.15, 0.2) is 0 Å². The second kappa shape index (κ2) is 7.04. The lowest BCUT2D eigenvalue weighted by atomic mass is 10.1. The topological polar surface area (TPSA) is 29.5 Å². The quantitative estimate of drug-likeness (QED) is 0.563. The summed E-state index contributed by atoms with van der Waals surface area (Å²) in [6.07, 6.45) is 0.611. The van der Waals surface area contributed by atoms with Gasteiger partial charge in [-0.25, -0.2) is 0 Å². The van der Waals surface area contributed by atoms with Gasteiger partial charge in [-0.3, -0.25) is 9.69 Å². The molecule has 1 unspecified atom stereocenters. The number of ketones is 1. The lowest BCUT2D eigenvalue weighted by molar-refractivity contribution is -0.123. The van der Waals surface area contributed by atoms with Crippen molar-refractivity contribution in [2.75, 3.05) is 26.8 Å². The standard InChI is InChI=1S/C10H21NO2/c1-5-10(12)9(3)11(4)7-8-13-6-2/h9H,5-8H2,1-4H3. The molecule has 78 valence electrons. The normalized spacial score (nSPS) is 13.3. The van der Waals surface area contributed by atoms with Gasteiger partial charge in [0.05, 0.1) is 12.6 Å². The highest BCUT2D eigenvalue weighted by Gasteiger charge is 2.15. The summed E-state index contributed by atoms with van der Waals surface area (Å²) < 4.78 is 5.21. The SMILES string of the molecule is CCOCCN(C)C(C)C(=O)CC. The molecule has 0 aliphatic carbocycles. The van der Waals surface area contributed by atoms with Crippen molar-refractivity contribution >= 4 is 5.78 Å². The van der Waals surface area contributed by atoms with Gasteiger partial charge in [-0.15, -0.1) is 0 Å². The Morgan fingerprint density at radius 1 is 1.46 bits per heavy atom. The Morgan fingerprint density at radius 3 is 2.54 bits per heavy atom. The van der Waals surface area contributed by atoms with Crippen molar-refractivity contribution in [2.24, 2.45) is 0 Å². The largest absolute Gasteiger partial charge is 0.380 e. The summed E-state index contributed by atoms with van der Waals surface area (Å²) in [5, 5.41) is 0. The molecule has 0 radical (unpaired) electrons. The second-order valence-electron chi connectivity index (χ2n) is 3.17. The summed E-state index contributed by atoms with van der Waals surface area (Å²) in [5.41, 5.74) is 0. The Labute approximate surface area is 81.1 Å². The average molecular weight is 187 g/mol. The number of hydrogen-bond acceptors (Lipinski definition) is 3. The van der Waals surface area contributed by atoms with Gasteiger partial charge in [-0.05, 0) is 20.9 Å². The van der Waals surface area contributed by atoms with Crippen LogP contribution in [0.2, 0.25) is 0 Å². The summed E-state index contributed by atoms with van der Waals surface area (Å²) in [4.78, 5) is 13.3. The lowest BCUT2D eigenvalue weighted by Crippen LogP contribution is -2.37. The molecule has 1 atom stereocenters. The molecule has 13 heavy (non-hydrogen) atoms. The zero-order valence-corrected chi connectivity index (χ0v) is 9.17. The minimum Gasteiger partial charge on any atom is -0.380 e. The maximum atomic E-state index is 11.3. The third-order valence-corrected chi connectivity index (χ3v) is 2.27. The van der Waals surface area contributed by atoms with Crippen molar-refractivity contribution in [3.8, 4) is 0 Å². The minimum atomic E-state index is 0.0189. The molecule has 0 rings (SSSR count). The van der Waals surface area contributed by atoms with Gasteiger partial charge < -0.3 is 4.74 Å². The van der Waals surface area contributed by atoms with Crippen LogP contribution in [-0.2, 0) is 9.53 Å². The van der Waals surface area contributed by atoms with Gasteiger partial charge >= 0.3 is 0 Å². The fraction of sp³-hybridized carbons (Fsp3) is 0.900. The van der Waals surface area contributed by atoms with E-state index in [1.54, 1.807) is 0 Å². The van der Waals surface area contributed by atoms with Crippen LogP contribution in [0.3, 0.4) is 0 Å². The fourth-order valence-corrected chi connectivity index (χ4v) is 1.09. The van der Waals surface area contributed by atoms with Crippen LogP contribution in [0.4, 0.5) is 0 Å². The van der Waals surface area contributed by atoms with Gasteiger partial charge in [0.15, 0.2) is 0 Å². The van der Waals surface area contributed by atoms with Crippen molar-refractivity contribution in [3.63, 3.8) is 0 Å². The summed E-state index contributed by atoms with van der Waals surface area (Å²) in [6, 6.07) is 0.0189. The Morgan fingerprint density at radius 2 is 2.08 bits per heavy atom. The molecule has 0 aromatic rings. The predicted octanol–water partition coefficient (Wildman–Crippen LogP) is 1.32. The Hall–Kier alpha value is -0.410. The molecule has 0 aromatic carbocycles. The molecule has 3 nitrogen and oxygen atoms in total. The highest BCUT2D eigenvalue weighted by atomic mass is 16.5. The fourth-order valence-electron chi connectivity index (χ4n) is 1.09. The van der Waals surface area contributed by atoms with Gasteiger partial charge in [0.25, 0.3) is 0 Å². The number of carbonyl (C=O) groups is 1. The maximum Gasteiger partial charge on any atom is 0.149 e. The first kappa shape index (κ1) is 12.6. The lowest BCUT2D eigenvalue weighted by Gasteiger charge is -2.22. The second-order valence-corrected chi connectivity index (χ2v) is 3.17. The van der Waals surface area contributed by atoms with Crippen LogP contribution in [0.5, 0.6) is 0 Å². The van der Waals surface area contributed by atoms with E-state index in [4.69, 9.17) is 4.74 Å². The van der Waals surface area contributed by atoms with Crippen LogP contribution in [0, 0.1) is 0 Å². The van der Waals surface area contributed by atoms with Crippen molar-refractivity contribution in [1.82, 2.24) is 4.90 Å². The van der Waals surface area contributed by atoms with E-state index in [1.165, 1.54) is 0 Å². The molecule has 0 saturated heterocycles. The molecular weight excluding hydrogens is 166 g/mol. The molecule has 0 fully saturated rings. The minimum absolute atomic E-state index is 0.0189. The highest BCUT2D eigenvalue weighted by Crippen LogP contribution is 1.99. The molecule has 0 amide bonds. The molecule has 0 heterocycles. The molecule has 0 aliphatic rings. The zero-order chi connectivity index (χ0) is 10.3. The van der Waals surface area contributed by atoms with Crippen molar-refractivity contribution < 1.29 is 9.53 Å². The van der Waals surface area contributed by atoms with Gasteiger partial charge in [-0.2, -0.15) is 0 Å². The Balaban J connectivity index is 3.68. The first-order valence-corrected chi connectivity index (χ1v) is 4.94. The van der Waals surface area contributed by atoms with E-state index in [1.807, 2.05) is 32.7 Å². The Bertz CT molecular complexity index is 148. The number of Topliss-reactive ketones (excluding diaryl/α,β-unsaturated/α-hetero) is 1. The molecule has 0 aromatic heterocycles. The smallest absolute Gasteiger partial charge is 0.149 e. The number of hydrogen-bond donors (Lipinski definition) is 0. The number of ether oxygens (including phenoxy) is 1. The van der Waals surface area contributed by atoms with Crippen LogP contribution in [0.1, 0.15) is 27.2 Å². The molecule has 3 heteroatoms. The summed E-state index contributed by atoms with van der Waals surface area (Å²) in [5.74, 6) is 0.291. The maximum absolute atomic E-state index is 11.3. The zero-order valence-electron chi connectivity index (χ0n) is 9.17. The third-order valence-electron chi connectivity index (χ3n) is 2.27. The monoisotopic (exact) mass is 187 g/mol. The first-order valence-electron chi connectivity index (χ1n) is 4.94. The highest BCUT2D eigenvalue weighted by molar-refractivity contribution is 5.83. The molecule has 0 N–H and O–H groups in total. The van der Waals surface area contributed by atoms with Crippen molar-refractivity contribution in [1.29, 1.82) is 0 Å². The van der Waals surface area contributed by atoms with E-state index in [9.17, 15) is 4.79 Å². The van der Waals surface area contributed by atoms with E-state index in [0.29, 0.717) is 18.8 Å². The predicted molar refractivity (Wildman–Crippen MR) is 53.9 cm³/mol. The number of carbonyl (C=O) groups excluding carboxylic acids is 1. The molecular formula is C10H21NO2. The van der Waals surface area contributed by atoms with E-state index < -0.39 is 0 Å². The number of likely N-dealkylation sites (N-methyl/N-ethyl adjacent to an activating group) is 1. The van der Waals surface area contributed by atoms with Gasteiger partial charge in [-0.1, -0.05) is 6.92 Å². The summed E-state index contributed by atoms with van der Waals surface area (Å²) in [6.45, 7) is 8.08. The summed E-state index contributed by atoms with van der Waals surface area (Å²) >= 11 is 0. The molecule has 0 spiro atoms. The molecule has 0 bridgehead atoms. The van der Waals surface area contributed by atoms with Gasteiger partial charge in [0.2, 0.25) is 0 Å². The van der Waals surface area contributed by atoms with Crippen molar-refractivity contribution in [2.45, 2.75) is 33.2 Å². The number of rotatable bonds is 7. The summed E-state index contributed by atoms with van der Waals surface area (Å²) in [7, 11) is 1.96. The molecule has 0 aliphatic heterocycles.